The van der Waals surface area contributed by atoms with Gasteiger partial charge in [-0.2, -0.15) is 0 Å². The molecule has 1 aliphatic heterocycles. The molecule has 1 heterocycles. The predicted octanol–water partition coefficient (Wildman–Crippen LogP) is 3.49. The number of aromatic carboxylic acids is 1. The highest BCUT2D eigenvalue weighted by Gasteiger charge is 2.23. The summed E-state index contributed by atoms with van der Waals surface area (Å²) < 4.78 is 5.73. The quantitative estimate of drug-likeness (QED) is 0.760. The second-order valence-electron chi connectivity index (χ2n) is 7.35. The van der Waals surface area contributed by atoms with Gasteiger partial charge in [0, 0.05) is 19.7 Å². The van der Waals surface area contributed by atoms with E-state index in [0.29, 0.717) is 18.7 Å². The van der Waals surface area contributed by atoms with Gasteiger partial charge < -0.3 is 14.7 Å². The van der Waals surface area contributed by atoms with Gasteiger partial charge in [-0.3, -0.25) is 4.79 Å². The van der Waals surface area contributed by atoms with Crippen molar-refractivity contribution in [2.75, 3.05) is 19.7 Å². The molecule has 0 aromatic heterocycles. The molecule has 0 aliphatic carbocycles. The van der Waals surface area contributed by atoms with Crippen LogP contribution >= 0.6 is 0 Å². The second kappa shape index (κ2) is 9.51. The molecule has 1 saturated heterocycles. The van der Waals surface area contributed by atoms with Crippen LogP contribution in [0.3, 0.4) is 0 Å². The molecule has 1 fully saturated rings. The van der Waals surface area contributed by atoms with Gasteiger partial charge in [0.1, 0.15) is 0 Å². The average molecular weight is 381 g/mol. The predicted molar refractivity (Wildman–Crippen MR) is 108 cm³/mol. The maximum absolute atomic E-state index is 13.0. The van der Waals surface area contributed by atoms with Crippen LogP contribution in [-0.2, 0) is 22.4 Å². The van der Waals surface area contributed by atoms with E-state index in [1.54, 1.807) is 24.3 Å². The lowest BCUT2D eigenvalue weighted by Crippen LogP contribution is -2.39. The van der Waals surface area contributed by atoms with Crippen molar-refractivity contribution >= 4 is 11.9 Å². The van der Waals surface area contributed by atoms with Gasteiger partial charge in [0.05, 0.1) is 18.1 Å². The largest absolute Gasteiger partial charge is 0.478 e. The van der Waals surface area contributed by atoms with Crippen LogP contribution in [0.4, 0.5) is 0 Å². The molecule has 0 bridgehead atoms. The van der Waals surface area contributed by atoms with Crippen LogP contribution in [0.5, 0.6) is 0 Å². The Morgan fingerprint density at radius 2 is 1.89 bits per heavy atom. The van der Waals surface area contributed by atoms with Gasteiger partial charge in [-0.15, -0.1) is 0 Å². The fourth-order valence-corrected chi connectivity index (χ4v) is 3.53. The molecular formula is C23H27NO4. The zero-order chi connectivity index (χ0) is 19.9. The Balaban J connectivity index is 1.70. The molecule has 5 nitrogen and oxygen atoms in total. The highest BCUT2D eigenvalue weighted by atomic mass is 16.5. The zero-order valence-electron chi connectivity index (χ0n) is 16.3. The number of carboxylic acids is 1. The van der Waals surface area contributed by atoms with Gasteiger partial charge in [0.25, 0.3) is 0 Å². The Bertz CT molecular complexity index is 810. The number of benzene rings is 2. The van der Waals surface area contributed by atoms with Crippen LogP contribution in [0.25, 0.3) is 0 Å². The monoisotopic (exact) mass is 381 g/mol. The highest BCUT2D eigenvalue weighted by Crippen LogP contribution is 2.16. The van der Waals surface area contributed by atoms with E-state index in [-0.39, 0.29) is 24.0 Å². The van der Waals surface area contributed by atoms with Gasteiger partial charge in [-0.1, -0.05) is 48.0 Å². The summed E-state index contributed by atoms with van der Waals surface area (Å²) in [5.74, 6) is -1.06. The molecule has 2 aromatic rings. The number of carbonyl (C=O) groups is 2. The molecule has 0 saturated carbocycles. The van der Waals surface area contributed by atoms with E-state index < -0.39 is 5.97 Å². The van der Waals surface area contributed by atoms with Gasteiger partial charge in [-0.25, -0.2) is 4.79 Å². The Morgan fingerprint density at radius 1 is 1.14 bits per heavy atom. The number of hydrogen-bond donors (Lipinski definition) is 1. The Hall–Kier alpha value is -2.66. The number of amides is 1. The third kappa shape index (κ3) is 5.42. The number of ether oxygens (including phenoxy) is 1. The number of nitrogens with zero attached hydrogens (tertiary/aromatic N) is 1. The van der Waals surface area contributed by atoms with Crippen molar-refractivity contribution < 1.29 is 19.4 Å². The minimum Gasteiger partial charge on any atom is -0.478 e. The summed E-state index contributed by atoms with van der Waals surface area (Å²) in [6.07, 6.45) is 2.89. The number of aryl methyl sites for hydroxylation is 1. The summed E-state index contributed by atoms with van der Waals surface area (Å²) in [7, 11) is 0. The number of carboxylic acid groups (broad SMARTS) is 1. The van der Waals surface area contributed by atoms with Crippen molar-refractivity contribution in [1.29, 1.82) is 0 Å². The molecule has 1 unspecified atom stereocenters. The lowest BCUT2D eigenvalue weighted by Gasteiger charge is -2.26. The molecule has 28 heavy (non-hydrogen) atoms. The first-order chi connectivity index (χ1) is 13.5. The Kier molecular flexibility index (Phi) is 6.82. The van der Waals surface area contributed by atoms with E-state index in [1.807, 2.05) is 4.90 Å². The number of hydrogen-bond acceptors (Lipinski definition) is 3. The molecule has 1 amide bonds. The van der Waals surface area contributed by atoms with Crippen LogP contribution in [0.15, 0.2) is 48.5 Å². The van der Waals surface area contributed by atoms with Crippen molar-refractivity contribution in [3.63, 3.8) is 0 Å². The van der Waals surface area contributed by atoms with E-state index in [9.17, 15) is 14.7 Å². The summed E-state index contributed by atoms with van der Waals surface area (Å²) >= 11 is 0. The highest BCUT2D eigenvalue weighted by molar-refractivity contribution is 5.91. The minimum atomic E-state index is -1.01. The second-order valence-corrected chi connectivity index (χ2v) is 7.35. The van der Waals surface area contributed by atoms with Crippen molar-refractivity contribution in [2.24, 2.45) is 0 Å². The standard InChI is InChI=1S/C23H27NO4/c1-17-8-10-18(11-9-17)12-13-24(16-20-6-4-14-28-20)22(25)15-19-5-2-3-7-21(19)23(26)27/h2-3,5,7-11,20H,4,6,12-16H2,1H3,(H,26,27). The molecule has 1 aliphatic rings. The fourth-order valence-electron chi connectivity index (χ4n) is 3.53. The summed E-state index contributed by atoms with van der Waals surface area (Å²) in [6, 6.07) is 15.0. The summed E-state index contributed by atoms with van der Waals surface area (Å²) in [4.78, 5) is 26.3. The molecule has 148 valence electrons. The van der Waals surface area contributed by atoms with E-state index in [2.05, 4.69) is 31.2 Å². The first-order valence-electron chi connectivity index (χ1n) is 9.79. The number of rotatable bonds is 8. The van der Waals surface area contributed by atoms with E-state index in [1.165, 1.54) is 11.1 Å². The third-order valence-corrected chi connectivity index (χ3v) is 5.18. The first-order valence-corrected chi connectivity index (χ1v) is 9.79. The maximum atomic E-state index is 13.0. The normalized spacial score (nSPS) is 16.1. The van der Waals surface area contributed by atoms with E-state index in [0.717, 1.165) is 25.9 Å². The van der Waals surface area contributed by atoms with Gasteiger partial charge in [0.15, 0.2) is 0 Å². The fraction of sp³-hybridized carbons (Fsp3) is 0.391. The number of carbonyl (C=O) groups excluding carboxylic acids is 1. The summed E-state index contributed by atoms with van der Waals surface area (Å²) in [5.41, 5.74) is 3.13. The smallest absolute Gasteiger partial charge is 0.335 e. The van der Waals surface area contributed by atoms with E-state index in [4.69, 9.17) is 4.74 Å². The summed E-state index contributed by atoms with van der Waals surface area (Å²) in [6.45, 7) is 3.94. The molecular weight excluding hydrogens is 354 g/mol. The zero-order valence-corrected chi connectivity index (χ0v) is 16.3. The molecule has 0 spiro atoms. The molecule has 1 atom stereocenters. The Morgan fingerprint density at radius 3 is 2.57 bits per heavy atom. The van der Waals surface area contributed by atoms with Crippen LogP contribution in [0.2, 0.25) is 0 Å². The first kappa shape index (κ1) is 20.1. The molecule has 0 radical (unpaired) electrons. The average Bonchev–Trinajstić information content (AvgIpc) is 3.19. The van der Waals surface area contributed by atoms with Crippen LogP contribution in [0.1, 0.15) is 39.9 Å². The van der Waals surface area contributed by atoms with E-state index >= 15 is 0 Å². The van der Waals surface area contributed by atoms with Gasteiger partial charge >= 0.3 is 5.97 Å². The van der Waals surface area contributed by atoms with Gasteiger partial charge in [0.2, 0.25) is 5.91 Å². The molecule has 2 aromatic carbocycles. The van der Waals surface area contributed by atoms with Crippen molar-refractivity contribution in [2.45, 2.75) is 38.7 Å². The lowest BCUT2D eigenvalue weighted by molar-refractivity contribution is -0.132. The van der Waals surface area contributed by atoms with Crippen molar-refractivity contribution in [1.82, 2.24) is 4.90 Å². The summed E-state index contributed by atoms with van der Waals surface area (Å²) in [5, 5.41) is 9.38. The molecule has 1 N–H and O–H groups in total. The SMILES string of the molecule is Cc1ccc(CCN(CC2CCCO2)C(=O)Cc2ccccc2C(=O)O)cc1. The van der Waals surface area contributed by atoms with Crippen molar-refractivity contribution in [3.05, 3.63) is 70.8 Å². The topological polar surface area (TPSA) is 66.8 Å². The Labute approximate surface area is 165 Å². The maximum Gasteiger partial charge on any atom is 0.335 e. The molecule has 3 rings (SSSR count). The third-order valence-electron chi connectivity index (χ3n) is 5.18. The molecule has 5 heteroatoms. The van der Waals surface area contributed by atoms with Crippen LogP contribution < -0.4 is 0 Å². The van der Waals surface area contributed by atoms with Crippen molar-refractivity contribution in [3.8, 4) is 0 Å². The van der Waals surface area contributed by atoms with Crippen LogP contribution in [-0.4, -0.2) is 47.7 Å². The minimum absolute atomic E-state index is 0.0590. The van der Waals surface area contributed by atoms with Gasteiger partial charge in [-0.05, 0) is 43.4 Å². The van der Waals surface area contributed by atoms with Crippen LogP contribution in [0, 0.1) is 6.92 Å². The lowest BCUT2D eigenvalue weighted by atomic mass is 10.0.